The number of hydrogen-bond donors (Lipinski definition) is 0. The van der Waals surface area contributed by atoms with Crippen LogP contribution in [-0.4, -0.2) is 91.4 Å². The smallest absolute Gasteiger partial charge is 0.411 e. The van der Waals surface area contributed by atoms with Gasteiger partial charge in [-0.3, -0.25) is 0 Å². The summed E-state index contributed by atoms with van der Waals surface area (Å²) in [6.45, 7) is 25.7. The number of thiocarbonyl (C=S) groups is 3. The summed E-state index contributed by atoms with van der Waals surface area (Å²) in [5.74, 6) is 0. The van der Waals surface area contributed by atoms with Crippen molar-refractivity contribution in [2.24, 2.45) is 0 Å². The molecule has 10 heteroatoms. The largest absolute Gasteiger partial charge is 3.00 e. The molecule has 0 saturated carbocycles. The van der Waals surface area contributed by atoms with Gasteiger partial charge in [-0.05, 0) is 0 Å². The number of nitrogens with zero attached hydrogens (tertiary/aromatic N) is 3. The van der Waals surface area contributed by atoms with Crippen LogP contribution in [0.3, 0.4) is 0 Å². The summed E-state index contributed by atoms with van der Waals surface area (Å²) in [4.78, 5) is 5.51. The van der Waals surface area contributed by atoms with Gasteiger partial charge in [-0.15, -0.1) is 39.5 Å². The van der Waals surface area contributed by atoms with Crippen molar-refractivity contribution in [3.8, 4) is 0 Å². The molecule has 0 unspecified atom stereocenters. The molecule has 0 aromatic carbocycles. The second-order valence-electron chi connectivity index (χ2n) is 5.24. The van der Waals surface area contributed by atoms with E-state index in [9.17, 15) is 0 Å². The molecule has 0 rings (SSSR count). The molecule has 0 fully saturated rings. The zero-order valence-electron chi connectivity index (χ0n) is 17.7. The molecule has 0 aliphatic rings. The Kier molecular flexibility index (Phi) is 33.8. The van der Waals surface area contributed by atoms with Gasteiger partial charge >= 0.3 is 24.4 Å². The second kappa shape index (κ2) is 27.6. The van der Waals surface area contributed by atoms with Crippen molar-refractivity contribution in [3.05, 3.63) is 75.9 Å². The van der Waals surface area contributed by atoms with Gasteiger partial charge in [0.1, 0.15) is 0 Å². The Hall–Kier alpha value is -0.412. The van der Waals surface area contributed by atoms with Crippen LogP contribution in [0.25, 0.3) is 0 Å². The zero-order valence-corrected chi connectivity index (χ0v) is 25.1. The standard InChI is InChI=1S/3C7H11NS2.Sb/c3*1-3-5-8(6-4-2)7(9)10;/h3*3-4H,1-2,5-6H2,(H,9,10);/q;;;+3/p-3. The van der Waals surface area contributed by atoms with Gasteiger partial charge in [0.2, 0.25) is 0 Å². The van der Waals surface area contributed by atoms with E-state index in [2.05, 4.69) is 39.5 Å². The molecule has 0 aliphatic carbocycles. The van der Waals surface area contributed by atoms with Crippen LogP contribution >= 0.6 is 36.7 Å². The summed E-state index contributed by atoms with van der Waals surface area (Å²) in [7, 11) is 0. The minimum Gasteiger partial charge on any atom is -0.411 e. The first-order valence-corrected chi connectivity index (χ1v) is 11.1. The third kappa shape index (κ3) is 25.7. The Morgan fingerprint density at radius 2 is 0.613 bits per heavy atom. The minimum absolute atomic E-state index is 0. The Morgan fingerprint density at radius 1 is 0.484 bits per heavy atom. The van der Waals surface area contributed by atoms with Crippen molar-refractivity contribution in [2.75, 3.05) is 39.3 Å². The Morgan fingerprint density at radius 3 is 0.677 bits per heavy atom. The van der Waals surface area contributed by atoms with Crippen LogP contribution < -0.4 is 0 Å². The normalized spacial score (nSPS) is 8.13. The van der Waals surface area contributed by atoms with E-state index in [4.69, 9.17) is 74.5 Å². The summed E-state index contributed by atoms with van der Waals surface area (Å²) in [5.41, 5.74) is 0. The van der Waals surface area contributed by atoms with Gasteiger partial charge in [0, 0.05) is 39.3 Å². The molecule has 0 aromatic heterocycles. The number of rotatable bonds is 12. The van der Waals surface area contributed by atoms with E-state index in [0.717, 1.165) is 0 Å². The summed E-state index contributed by atoms with van der Waals surface area (Å²) in [6.07, 6.45) is 10.6. The van der Waals surface area contributed by atoms with Crippen molar-refractivity contribution in [1.82, 2.24) is 14.7 Å². The SMILES string of the molecule is C=CCN(CC=C)C(=S)[S-].C=CCN(CC=C)C(=S)[S-].C=CCN(CC=C)C(=S)[S-].[Sb+3]. The molecule has 0 aromatic rings. The summed E-state index contributed by atoms with van der Waals surface area (Å²) in [5, 5.41) is 0. The Labute approximate surface area is 239 Å². The van der Waals surface area contributed by atoms with Crippen LogP contribution in [0.2, 0.25) is 0 Å². The molecule has 2 radical (unpaired) electrons. The van der Waals surface area contributed by atoms with Gasteiger partial charge in [0.15, 0.2) is 0 Å². The first kappa shape index (κ1) is 37.9. The second-order valence-corrected chi connectivity index (χ2v) is 8.34. The van der Waals surface area contributed by atoms with Gasteiger partial charge in [-0.1, -0.05) is 49.4 Å². The van der Waals surface area contributed by atoms with Crippen molar-refractivity contribution < 1.29 is 0 Å². The molecule has 31 heavy (non-hydrogen) atoms. The van der Waals surface area contributed by atoms with Gasteiger partial charge in [0.25, 0.3) is 0 Å². The quantitative estimate of drug-likeness (QED) is 0.134. The first-order valence-electron chi connectivity index (χ1n) is 8.69. The molecule has 0 N–H and O–H groups in total. The van der Waals surface area contributed by atoms with Gasteiger partial charge in [0.05, 0.1) is 0 Å². The van der Waals surface area contributed by atoms with E-state index in [-0.39, 0.29) is 24.4 Å². The summed E-state index contributed by atoms with van der Waals surface area (Å²) >= 11 is 28.8. The first-order chi connectivity index (χ1) is 14.2. The van der Waals surface area contributed by atoms with Crippen molar-refractivity contribution >= 4 is 112 Å². The van der Waals surface area contributed by atoms with Crippen molar-refractivity contribution in [2.45, 2.75) is 0 Å². The Bertz CT molecular complexity index is 485. The summed E-state index contributed by atoms with van der Waals surface area (Å²) < 4.78 is 1.42. The molecule has 0 spiro atoms. The monoisotopic (exact) mass is 637 g/mol. The molecule has 0 aliphatic heterocycles. The maximum atomic E-state index is 4.79. The average molecular weight is 639 g/mol. The van der Waals surface area contributed by atoms with E-state index in [1.165, 1.54) is 0 Å². The molecule has 170 valence electrons. The van der Waals surface area contributed by atoms with Crippen molar-refractivity contribution in [1.29, 1.82) is 0 Å². The van der Waals surface area contributed by atoms with Crippen LogP contribution in [0, 0.1) is 0 Å². The molecule has 3 nitrogen and oxygen atoms in total. The van der Waals surface area contributed by atoms with Crippen molar-refractivity contribution in [3.63, 3.8) is 0 Å². The van der Waals surface area contributed by atoms with Crippen LogP contribution in [0.5, 0.6) is 0 Å². The third-order valence-corrected chi connectivity index (χ3v) is 4.42. The maximum absolute atomic E-state index is 4.79. The van der Waals surface area contributed by atoms with E-state index >= 15 is 0 Å². The average Bonchev–Trinajstić information content (AvgIpc) is 2.68. The molecule has 0 bridgehead atoms. The molecule has 0 amide bonds. The fourth-order valence-electron chi connectivity index (χ4n) is 1.61. The third-order valence-electron chi connectivity index (χ3n) is 2.87. The molecular weight excluding hydrogens is 608 g/mol. The number of hydrogen-bond acceptors (Lipinski definition) is 6. The van der Waals surface area contributed by atoms with Gasteiger partial charge in [-0.25, -0.2) is 0 Å². The van der Waals surface area contributed by atoms with E-state index in [0.29, 0.717) is 52.2 Å². The fraction of sp³-hybridized carbons (Fsp3) is 0.286. The topological polar surface area (TPSA) is 9.72 Å². The van der Waals surface area contributed by atoms with E-state index < -0.39 is 0 Å². The molecular formula is C21H30N3S6Sb. The van der Waals surface area contributed by atoms with Crippen LogP contribution in [-0.2, 0) is 37.9 Å². The van der Waals surface area contributed by atoms with Gasteiger partial charge in [-0.2, -0.15) is 0 Å². The van der Waals surface area contributed by atoms with Crippen LogP contribution in [0.15, 0.2) is 75.9 Å². The fourth-order valence-corrected chi connectivity index (χ4v) is 2.50. The molecule has 0 heterocycles. The van der Waals surface area contributed by atoms with Gasteiger partial charge < -0.3 is 89.2 Å². The Balaban J connectivity index is -0.000000174. The zero-order chi connectivity index (χ0) is 23.9. The molecule has 0 saturated heterocycles. The maximum Gasteiger partial charge on any atom is 3.00 e. The minimum atomic E-state index is 0. The van der Waals surface area contributed by atoms with Crippen LogP contribution in [0.4, 0.5) is 0 Å². The summed E-state index contributed by atoms with van der Waals surface area (Å²) in [6, 6.07) is 0. The predicted octanol–water partition coefficient (Wildman–Crippen LogP) is 4.10. The van der Waals surface area contributed by atoms with Crippen LogP contribution in [0.1, 0.15) is 0 Å². The predicted molar refractivity (Wildman–Crippen MR) is 162 cm³/mol. The van der Waals surface area contributed by atoms with E-state index in [1.54, 1.807) is 36.5 Å². The molecule has 0 atom stereocenters. The van der Waals surface area contributed by atoms with E-state index in [1.807, 2.05) is 14.7 Å².